The first-order chi connectivity index (χ1) is 11.6. The number of carbonyl (C=O) groups excluding carboxylic acids is 1. The first-order valence-electron chi connectivity index (χ1n) is 7.95. The molecule has 1 atom stereocenters. The van der Waals surface area contributed by atoms with Crippen LogP contribution in [0.3, 0.4) is 0 Å². The fourth-order valence-corrected chi connectivity index (χ4v) is 3.47. The molecule has 7 heteroatoms. The van der Waals surface area contributed by atoms with E-state index in [4.69, 9.17) is 4.74 Å². The Kier molecular flexibility index (Phi) is 5.30. The summed E-state index contributed by atoms with van der Waals surface area (Å²) in [5, 5.41) is 2.96. The van der Waals surface area contributed by atoms with Gasteiger partial charge in [0.1, 0.15) is 18.2 Å². The van der Waals surface area contributed by atoms with Gasteiger partial charge in [-0.15, -0.1) is 11.3 Å². The molecule has 1 aliphatic rings. The number of aryl methyl sites for hydroxylation is 1. The van der Waals surface area contributed by atoms with Gasteiger partial charge in [0.15, 0.2) is 0 Å². The van der Waals surface area contributed by atoms with Crippen LogP contribution in [0.2, 0.25) is 0 Å². The van der Waals surface area contributed by atoms with Crippen molar-refractivity contribution in [3.63, 3.8) is 0 Å². The molecule has 5 nitrogen and oxygen atoms in total. The van der Waals surface area contributed by atoms with Crippen LogP contribution in [0.15, 0.2) is 29.8 Å². The summed E-state index contributed by atoms with van der Waals surface area (Å²) in [6.45, 7) is 3.58. The number of rotatable bonds is 5. The predicted molar refractivity (Wildman–Crippen MR) is 90.7 cm³/mol. The average molecular weight is 349 g/mol. The van der Waals surface area contributed by atoms with E-state index in [9.17, 15) is 9.18 Å². The van der Waals surface area contributed by atoms with Crippen molar-refractivity contribution in [2.24, 2.45) is 0 Å². The van der Waals surface area contributed by atoms with Crippen LogP contribution in [0, 0.1) is 12.7 Å². The fraction of sp³-hybridized carbons (Fsp3) is 0.412. The summed E-state index contributed by atoms with van der Waals surface area (Å²) in [5.41, 5.74) is 2.74. The molecule has 1 saturated heterocycles. The van der Waals surface area contributed by atoms with Crippen molar-refractivity contribution in [1.82, 2.24) is 15.2 Å². The van der Waals surface area contributed by atoms with Gasteiger partial charge in [0.05, 0.1) is 23.8 Å². The molecule has 1 aliphatic heterocycles. The number of hydrogen-bond donors (Lipinski definition) is 1. The largest absolute Gasteiger partial charge is 0.491 e. The standard InChI is InChI=1S/C17H20FN3O2S/c1-12-16(24-11-20-12)9-19-17(22)21-8-2-3-14(21)10-23-15-6-4-13(18)5-7-15/h4-7,11,14H,2-3,8-10H2,1H3,(H,19,22)/t14-/m0/s1. The molecule has 0 bridgehead atoms. The zero-order valence-corrected chi connectivity index (χ0v) is 14.3. The van der Waals surface area contributed by atoms with Crippen LogP contribution >= 0.6 is 11.3 Å². The first-order valence-corrected chi connectivity index (χ1v) is 8.83. The van der Waals surface area contributed by atoms with E-state index >= 15 is 0 Å². The maximum Gasteiger partial charge on any atom is 0.318 e. The van der Waals surface area contributed by atoms with Gasteiger partial charge in [-0.2, -0.15) is 0 Å². The number of nitrogens with zero attached hydrogens (tertiary/aromatic N) is 2. The van der Waals surface area contributed by atoms with Crippen molar-refractivity contribution >= 4 is 17.4 Å². The molecule has 1 fully saturated rings. The predicted octanol–water partition coefficient (Wildman–Crippen LogP) is 3.34. The number of amides is 2. The number of benzene rings is 1. The molecule has 2 heterocycles. The molecule has 1 aromatic carbocycles. The smallest absolute Gasteiger partial charge is 0.318 e. The Morgan fingerprint density at radius 3 is 2.96 bits per heavy atom. The van der Waals surface area contributed by atoms with Gasteiger partial charge in [-0.05, 0) is 44.0 Å². The third-order valence-corrected chi connectivity index (χ3v) is 5.07. The highest BCUT2D eigenvalue weighted by molar-refractivity contribution is 7.09. The van der Waals surface area contributed by atoms with E-state index in [2.05, 4.69) is 10.3 Å². The number of nitrogens with one attached hydrogen (secondary N) is 1. The van der Waals surface area contributed by atoms with Crippen molar-refractivity contribution in [2.45, 2.75) is 32.4 Å². The molecule has 1 aromatic heterocycles. The number of halogens is 1. The first kappa shape index (κ1) is 16.7. The van der Waals surface area contributed by atoms with Crippen LogP contribution in [0.4, 0.5) is 9.18 Å². The Morgan fingerprint density at radius 1 is 1.46 bits per heavy atom. The second kappa shape index (κ2) is 7.61. The third kappa shape index (κ3) is 4.03. The van der Waals surface area contributed by atoms with Crippen molar-refractivity contribution in [3.05, 3.63) is 46.2 Å². The summed E-state index contributed by atoms with van der Waals surface area (Å²) in [4.78, 5) is 19.5. The lowest BCUT2D eigenvalue weighted by Gasteiger charge is -2.25. The minimum absolute atomic E-state index is 0.0395. The normalized spacial score (nSPS) is 17.1. The lowest BCUT2D eigenvalue weighted by Crippen LogP contribution is -2.44. The highest BCUT2D eigenvalue weighted by Gasteiger charge is 2.29. The van der Waals surface area contributed by atoms with Gasteiger partial charge in [-0.1, -0.05) is 0 Å². The summed E-state index contributed by atoms with van der Waals surface area (Å²) in [7, 11) is 0. The zero-order valence-electron chi connectivity index (χ0n) is 13.5. The van der Waals surface area contributed by atoms with E-state index in [-0.39, 0.29) is 17.9 Å². The quantitative estimate of drug-likeness (QED) is 0.901. The van der Waals surface area contributed by atoms with Crippen LogP contribution in [0.5, 0.6) is 5.75 Å². The summed E-state index contributed by atoms with van der Waals surface area (Å²) < 4.78 is 18.6. The average Bonchev–Trinajstić information content (AvgIpc) is 3.21. The van der Waals surface area contributed by atoms with Crippen molar-refractivity contribution < 1.29 is 13.9 Å². The fourth-order valence-electron chi connectivity index (χ4n) is 2.75. The minimum atomic E-state index is -0.289. The van der Waals surface area contributed by atoms with E-state index in [1.54, 1.807) is 29.0 Å². The number of hydrogen-bond acceptors (Lipinski definition) is 4. The zero-order chi connectivity index (χ0) is 16.9. The van der Waals surface area contributed by atoms with Crippen LogP contribution < -0.4 is 10.1 Å². The number of aromatic nitrogens is 1. The van der Waals surface area contributed by atoms with Gasteiger partial charge >= 0.3 is 6.03 Å². The van der Waals surface area contributed by atoms with Crippen molar-refractivity contribution in [3.8, 4) is 5.75 Å². The molecule has 0 saturated carbocycles. The van der Waals surface area contributed by atoms with Crippen LogP contribution in [-0.4, -0.2) is 35.1 Å². The number of carbonyl (C=O) groups is 1. The summed E-state index contributed by atoms with van der Waals surface area (Å²) in [6.07, 6.45) is 1.87. The maximum atomic E-state index is 12.9. The molecule has 1 N–H and O–H groups in total. The summed E-state index contributed by atoms with van der Waals surface area (Å²) in [5.74, 6) is 0.325. The summed E-state index contributed by atoms with van der Waals surface area (Å²) in [6, 6.07) is 5.89. The van der Waals surface area contributed by atoms with Crippen LogP contribution in [0.25, 0.3) is 0 Å². The molecular formula is C17H20FN3O2S. The van der Waals surface area contributed by atoms with E-state index in [0.717, 1.165) is 30.0 Å². The third-order valence-electron chi connectivity index (χ3n) is 4.14. The van der Waals surface area contributed by atoms with E-state index in [1.165, 1.54) is 12.1 Å². The van der Waals surface area contributed by atoms with Crippen molar-refractivity contribution in [1.29, 1.82) is 0 Å². The molecule has 3 rings (SSSR count). The Morgan fingerprint density at radius 2 is 2.25 bits per heavy atom. The summed E-state index contributed by atoms with van der Waals surface area (Å²) >= 11 is 1.54. The second-order valence-electron chi connectivity index (χ2n) is 5.77. The molecule has 0 spiro atoms. The Bertz CT molecular complexity index is 689. The lowest BCUT2D eigenvalue weighted by molar-refractivity contribution is 0.165. The molecule has 0 radical (unpaired) electrons. The van der Waals surface area contributed by atoms with Crippen LogP contribution in [-0.2, 0) is 6.54 Å². The number of thiazole rings is 1. The number of ether oxygens (including phenoxy) is 1. The van der Waals surface area contributed by atoms with Crippen LogP contribution in [0.1, 0.15) is 23.4 Å². The topological polar surface area (TPSA) is 54.5 Å². The van der Waals surface area contributed by atoms with E-state index < -0.39 is 0 Å². The van der Waals surface area contributed by atoms with E-state index in [0.29, 0.717) is 18.9 Å². The van der Waals surface area contributed by atoms with Crippen molar-refractivity contribution in [2.75, 3.05) is 13.2 Å². The Labute approximate surface area is 144 Å². The molecule has 24 heavy (non-hydrogen) atoms. The molecule has 0 unspecified atom stereocenters. The molecule has 2 amide bonds. The van der Waals surface area contributed by atoms with Gasteiger partial charge in [0, 0.05) is 11.4 Å². The van der Waals surface area contributed by atoms with Gasteiger partial charge in [0.2, 0.25) is 0 Å². The molecule has 2 aromatic rings. The lowest BCUT2D eigenvalue weighted by atomic mass is 10.2. The van der Waals surface area contributed by atoms with Gasteiger partial charge in [0.25, 0.3) is 0 Å². The Balaban J connectivity index is 1.51. The van der Waals surface area contributed by atoms with Gasteiger partial charge in [-0.3, -0.25) is 0 Å². The number of likely N-dealkylation sites (tertiary alicyclic amines) is 1. The SMILES string of the molecule is Cc1ncsc1CNC(=O)N1CCC[C@H]1COc1ccc(F)cc1. The molecule has 128 valence electrons. The Hall–Kier alpha value is -2.15. The molecule has 0 aliphatic carbocycles. The second-order valence-corrected chi connectivity index (χ2v) is 6.71. The highest BCUT2D eigenvalue weighted by atomic mass is 32.1. The minimum Gasteiger partial charge on any atom is -0.491 e. The maximum absolute atomic E-state index is 12.9. The highest BCUT2D eigenvalue weighted by Crippen LogP contribution is 2.20. The molecular weight excluding hydrogens is 329 g/mol. The monoisotopic (exact) mass is 349 g/mol. The number of urea groups is 1. The van der Waals surface area contributed by atoms with E-state index in [1.807, 2.05) is 11.8 Å². The van der Waals surface area contributed by atoms with Gasteiger partial charge in [-0.25, -0.2) is 14.2 Å². The van der Waals surface area contributed by atoms with Gasteiger partial charge < -0.3 is 15.0 Å².